The quantitative estimate of drug-likeness (QED) is 0.190. The third-order valence-electron chi connectivity index (χ3n) is 7.04. The summed E-state index contributed by atoms with van der Waals surface area (Å²) in [5.41, 5.74) is 1.23. The zero-order chi connectivity index (χ0) is 32.4. The Morgan fingerprint density at radius 3 is 2.00 bits per heavy atom. The largest absolute Gasteiger partial charge is 0.457 e. The van der Waals surface area contributed by atoms with Crippen LogP contribution in [0.2, 0.25) is 0 Å². The first-order valence-electron chi connectivity index (χ1n) is 14.7. The van der Waals surface area contributed by atoms with Crippen molar-refractivity contribution in [1.29, 1.82) is 0 Å². The smallest absolute Gasteiger partial charge is 0.244 e. The summed E-state index contributed by atoms with van der Waals surface area (Å²) in [4.78, 5) is 29.1. The van der Waals surface area contributed by atoms with Gasteiger partial charge in [0.25, 0.3) is 0 Å². The van der Waals surface area contributed by atoms with Crippen LogP contribution in [0.4, 0.5) is 10.1 Å². The summed E-state index contributed by atoms with van der Waals surface area (Å²) >= 11 is 0. The fourth-order valence-electron chi connectivity index (χ4n) is 4.71. The van der Waals surface area contributed by atoms with E-state index in [4.69, 9.17) is 4.74 Å². The molecule has 236 valence electrons. The Balaban J connectivity index is 1.68. The fourth-order valence-corrected chi connectivity index (χ4v) is 5.56. The molecule has 45 heavy (non-hydrogen) atoms. The molecular weight excluding hydrogens is 593 g/mol. The maximum Gasteiger partial charge on any atom is 0.244 e. The summed E-state index contributed by atoms with van der Waals surface area (Å²) < 4.78 is 47.8. The number of benzene rings is 4. The molecule has 10 heteroatoms. The van der Waals surface area contributed by atoms with Crippen LogP contribution in [-0.4, -0.2) is 50.5 Å². The number of sulfonamides is 1. The van der Waals surface area contributed by atoms with Crippen LogP contribution in [-0.2, 0) is 32.6 Å². The van der Waals surface area contributed by atoms with E-state index in [2.05, 4.69) is 5.32 Å². The van der Waals surface area contributed by atoms with Gasteiger partial charge in [0.15, 0.2) is 0 Å². The van der Waals surface area contributed by atoms with Gasteiger partial charge in [0.05, 0.1) is 11.9 Å². The van der Waals surface area contributed by atoms with Crippen LogP contribution < -0.4 is 14.4 Å². The number of hydrogen-bond acceptors (Lipinski definition) is 5. The predicted octanol–water partition coefficient (Wildman–Crippen LogP) is 5.80. The molecule has 0 aliphatic rings. The number of nitrogens with one attached hydrogen (secondary N) is 1. The van der Waals surface area contributed by atoms with Gasteiger partial charge < -0.3 is 15.0 Å². The molecule has 2 amide bonds. The van der Waals surface area contributed by atoms with Crippen LogP contribution in [0.3, 0.4) is 0 Å². The van der Waals surface area contributed by atoms with E-state index in [1.54, 1.807) is 54.6 Å². The van der Waals surface area contributed by atoms with Crippen LogP contribution >= 0.6 is 0 Å². The van der Waals surface area contributed by atoms with Crippen molar-refractivity contribution in [2.24, 2.45) is 5.92 Å². The van der Waals surface area contributed by atoms with E-state index in [0.29, 0.717) is 18.0 Å². The number of rotatable bonds is 14. The maximum absolute atomic E-state index is 14.9. The van der Waals surface area contributed by atoms with E-state index in [-0.39, 0.29) is 30.1 Å². The third-order valence-corrected chi connectivity index (χ3v) is 8.18. The summed E-state index contributed by atoms with van der Waals surface area (Å²) in [5.74, 6) is -0.360. The minimum absolute atomic E-state index is 0.148. The Morgan fingerprint density at radius 2 is 1.40 bits per heavy atom. The zero-order valence-electron chi connectivity index (χ0n) is 25.6. The van der Waals surface area contributed by atoms with Crippen molar-refractivity contribution in [3.63, 3.8) is 0 Å². The van der Waals surface area contributed by atoms with Crippen LogP contribution in [0.25, 0.3) is 0 Å². The SMILES string of the molecule is CC(C)CNC(=O)C(Cc1ccccc1)N(Cc1ccccc1F)C(=O)CN(c1ccc(Oc2ccccc2)cc1)S(C)(=O)=O. The summed E-state index contributed by atoms with van der Waals surface area (Å²) in [6.07, 6.45) is 1.15. The molecule has 0 aliphatic carbocycles. The lowest BCUT2D eigenvalue weighted by Crippen LogP contribution is -2.53. The van der Waals surface area contributed by atoms with E-state index >= 15 is 0 Å². The van der Waals surface area contributed by atoms with E-state index in [1.807, 2.05) is 62.4 Å². The van der Waals surface area contributed by atoms with E-state index < -0.39 is 40.2 Å². The molecule has 0 aromatic heterocycles. The molecule has 1 N–H and O–H groups in total. The van der Waals surface area contributed by atoms with Crippen molar-refractivity contribution in [1.82, 2.24) is 10.2 Å². The second-order valence-corrected chi connectivity index (χ2v) is 13.0. The van der Waals surface area contributed by atoms with Crippen molar-refractivity contribution >= 4 is 27.5 Å². The molecular formula is C35H38FN3O5S. The first-order chi connectivity index (χ1) is 21.5. The molecule has 0 saturated heterocycles. The zero-order valence-corrected chi connectivity index (χ0v) is 26.4. The number of carbonyl (C=O) groups excluding carboxylic acids is 2. The monoisotopic (exact) mass is 631 g/mol. The molecule has 0 bridgehead atoms. The lowest BCUT2D eigenvalue weighted by molar-refractivity contribution is -0.140. The average Bonchev–Trinajstić information content (AvgIpc) is 3.02. The highest BCUT2D eigenvalue weighted by Gasteiger charge is 2.33. The third kappa shape index (κ3) is 9.64. The molecule has 4 aromatic carbocycles. The lowest BCUT2D eigenvalue weighted by Gasteiger charge is -2.33. The minimum Gasteiger partial charge on any atom is -0.457 e. The van der Waals surface area contributed by atoms with Crippen molar-refractivity contribution in [2.45, 2.75) is 32.9 Å². The van der Waals surface area contributed by atoms with Gasteiger partial charge in [-0.05, 0) is 53.9 Å². The summed E-state index contributed by atoms with van der Waals surface area (Å²) in [7, 11) is -3.96. The number of carbonyl (C=O) groups is 2. The Labute approximate surface area is 264 Å². The molecule has 4 rings (SSSR count). The molecule has 0 aliphatic heterocycles. The Morgan fingerprint density at radius 1 is 0.822 bits per heavy atom. The van der Waals surface area contributed by atoms with Crippen molar-refractivity contribution in [3.8, 4) is 11.5 Å². The predicted molar refractivity (Wildman–Crippen MR) is 174 cm³/mol. The van der Waals surface area contributed by atoms with E-state index in [9.17, 15) is 22.4 Å². The number of anilines is 1. The molecule has 4 aromatic rings. The molecule has 0 heterocycles. The van der Waals surface area contributed by atoms with Crippen LogP contribution in [0.5, 0.6) is 11.5 Å². The highest BCUT2D eigenvalue weighted by molar-refractivity contribution is 7.92. The normalized spacial score (nSPS) is 11.9. The number of ether oxygens (including phenoxy) is 1. The van der Waals surface area contributed by atoms with Gasteiger partial charge in [-0.1, -0.05) is 80.6 Å². The topological polar surface area (TPSA) is 96.0 Å². The summed E-state index contributed by atoms with van der Waals surface area (Å²) in [6.45, 7) is 3.44. The average molecular weight is 632 g/mol. The standard InChI is InChI=1S/C35H38FN3O5S/c1-26(2)23-37-35(41)33(22-27-12-6-4-7-13-27)38(24-28-14-10-11-17-32(28)36)34(40)25-39(45(3,42)43)29-18-20-31(21-19-29)44-30-15-8-5-9-16-30/h4-21,26,33H,22-25H2,1-3H3,(H,37,41). The van der Waals surface area contributed by atoms with Crippen molar-refractivity contribution < 1.29 is 27.1 Å². The molecule has 0 fully saturated rings. The number of amides is 2. The number of hydrogen-bond donors (Lipinski definition) is 1. The van der Waals surface area contributed by atoms with Crippen LogP contribution in [0.15, 0.2) is 109 Å². The van der Waals surface area contributed by atoms with Crippen molar-refractivity contribution in [2.75, 3.05) is 23.7 Å². The van der Waals surface area contributed by atoms with Gasteiger partial charge in [-0.3, -0.25) is 13.9 Å². The van der Waals surface area contributed by atoms with Gasteiger partial charge in [0.1, 0.15) is 29.9 Å². The first kappa shape index (κ1) is 33.2. The van der Waals surface area contributed by atoms with Gasteiger partial charge in [-0.15, -0.1) is 0 Å². The Hall–Kier alpha value is -4.70. The number of para-hydroxylation sites is 1. The van der Waals surface area contributed by atoms with Gasteiger partial charge in [-0.2, -0.15) is 0 Å². The van der Waals surface area contributed by atoms with Crippen molar-refractivity contribution in [3.05, 3.63) is 126 Å². The molecule has 0 spiro atoms. The van der Waals surface area contributed by atoms with Gasteiger partial charge in [-0.25, -0.2) is 12.8 Å². The Kier molecular flexibility index (Phi) is 11.3. The van der Waals surface area contributed by atoms with E-state index in [0.717, 1.165) is 16.1 Å². The van der Waals surface area contributed by atoms with Gasteiger partial charge in [0.2, 0.25) is 21.8 Å². The second-order valence-electron chi connectivity index (χ2n) is 11.1. The lowest BCUT2D eigenvalue weighted by atomic mass is 10.0. The van der Waals surface area contributed by atoms with Crippen LogP contribution in [0, 0.1) is 11.7 Å². The molecule has 0 saturated carbocycles. The highest BCUT2D eigenvalue weighted by Crippen LogP contribution is 2.26. The molecule has 1 unspecified atom stereocenters. The second kappa shape index (κ2) is 15.3. The number of nitrogens with zero attached hydrogens (tertiary/aromatic N) is 2. The van der Waals surface area contributed by atoms with Gasteiger partial charge >= 0.3 is 0 Å². The first-order valence-corrected chi connectivity index (χ1v) is 16.5. The van der Waals surface area contributed by atoms with E-state index in [1.165, 1.54) is 11.0 Å². The highest BCUT2D eigenvalue weighted by atomic mass is 32.2. The Bertz CT molecular complexity index is 1670. The summed E-state index contributed by atoms with van der Waals surface area (Å²) in [6, 6.07) is 29.6. The fraction of sp³-hybridized carbons (Fsp3) is 0.257. The van der Waals surface area contributed by atoms with Crippen LogP contribution in [0.1, 0.15) is 25.0 Å². The maximum atomic E-state index is 14.9. The molecule has 8 nitrogen and oxygen atoms in total. The minimum atomic E-state index is -3.96. The molecule has 1 atom stereocenters. The summed E-state index contributed by atoms with van der Waals surface area (Å²) in [5, 5.41) is 2.91. The number of halogens is 1. The van der Waals surface area contributed by atoms with Gasteiger partial charge in [0, 0.05) is 25.1 Å². The molecule has 0 radical (unpaired) electrons.